The second-order valence-electron chi connectivity index (χ2n) is 5.19. The highest BCUT2D eigenvalue weighted by atomic mass is 35.5. The zero-order chi connectivity index (χ0) is 12.3. The molecule has 1 fully saturated rings. The molecular weight excluding hydrogens is 235 g/mol. The summed E-state index contributed by atoms with van der Waals surface area (Å²) in [5.41, 5.74) is 2.31. The Kier molecular flexibility index (Phi) is 4.44. The van der Waals surface area contributed by atoms with E-state index in [2.05, 4.69) is 0 Å². The number of rotatable bonds is 2. The molecule has 94 valence electrons. The zero-order valence-corrected chi connectivity index (χ0v) is 11.1. The highest BCUT2D eigenvalue weighted by Crippen LogP contribution is 2.30. The lowest BCUT2D eigenvalue weighted by atomic mass is 9.90. The third-order valence-electron chi connectivity index (χ3n) is 3.85. The summed E-state index contributed by atoms with van der Waals surface area (Å²) in [5.74, 6) is 0.415. The van der Waals surface area contributed by atoms with Crippen LogP contribution in [0, 0.1) is 18.7 Å². The predicted octanol–water partition coefficient (Wildman–Crippen LogP) is 4.86. The second kappa shape index (κ2) is 5.86. The highest BCUT2D eigenvalue weighted by molar-refractivity contribution is 6.20. The van der Waals surface area contributed by atoms with Crippen molar-refractivity contribution in [2.75, 3.05) is 0 Å². The van der Waals surface area contributed by atoms with Gasteiger partial charge in [-0.25, -0.2) is 4.39 Å². The largest absolute Gasteiger partial charge is 0.207 e. The number of alkyl halides is 1. The molecule has 0 spiro atoms. The van der Waals surface area contributed by atoms with Gasteiger partial charge in [0.15, 0.2) is 0 Å². The summed E-state index contributed by atoms with van der Waals surface area (Å²) < 4.78 is 13.0. The summed E-state index contributed by atoms with van der Waals surface area (Å²) in [6.07, 6.45) is 7.20. The first-order valence-corrected chi connectivity index (χ1v) is 6.99. The van der Waals surface area contributed by atoms with Crippen molar-refractivity contribution < 1.29 is 4.39 Å². The van der Waals surface area contributed by atoms with Crippen LogP contribution in [0.1, 0.15) is 43.2 Å². The predicted molar refractivity (Wildman–Crippen MR) is 71.1 cm³/mol. The third-order valence-corrected chi connectivity index (χ3v) is 4.43. The Balaban J connectivity index is 2.08. The molecule has 0 heterocycles. The quantitative estimate of drug-likeness (QED) is 0.522. The number of benzene rings is 1. The lowest BCUT2D eigenvalue weighted by Crippen LogP contribution is -2.16. The van der Waals surface area contributed by atoms with Gasteiger partial charge < -0.3 is 0 Å². The Bertz CT molecular complexity index is 375. The molecule has 0 bridgehead atoms. The Hall–Kier alpha value is -0.560. The van der Waals surface area contributed by atoms with Crippen molar-refractivity contribution in [1.82, 2.24) is 0 Å². The Morgan fingerprint density at radius 3 is 2.76 bits per heavy atom. The first-order chi connectivity index (χ1) is 8.16. The minimum absolute atomic E-state index is 0.144. The van der Waals surface area contributed by atoms with Crippen LogP contribution in [0.5, 0.6) is 0 Å². The van der Waals surface area contributed by atoms with E-state index in [1.165, 1.54) is 31.2 Å². The zero-order valence-electron chi connectivity index (χ0n) is 10.4. The van der Waals surface area contributed by atoms with Crippen molar-refractivity contribution in [3.8, 4) is 0 Å². The van der Waals surface area contributed by atoms with Gasteiger partial charge in [-0.2, -0.15) is 0 Å². The molecule has 0 aromatic heterocycles. The average Bonchev–Trinajstić information content (AvgIpc) is 2.48. The molecule has 0 saturated heterocycles. The van der Waals surface area contributed by atoms with Crippen LogP contribution in [0.3, 0.4) is 0 Å². The first kappa shape index (κ1) is 12.9. The third kappa shape index (κ3) is 3.45. The normalized spacial score (nSPS) is 25.6. The Labute approximate surface area is 108 Å². The molecule has 2 heteroatoms. The van der Waals surface area contributed by atoms with E-state index in [1.54, 1.807) is 12.1 Å². The van der Waals surface area contributed by atoms with Crippen LogP contribution in [-0.2, 0) is 6.42 Å². The molecule has 2 rings (SSSR count). The second-order valence-corrected chi connectivity index (χ2v) is 5.75. The summed E-state index contributed by atoms with van der Waals surface area (Å²) in [6.45, 7) is 1.98. The van der Waals surface area contributed by atoms with Crippen LogP contribution in [0.15, 0.2) is 18.2 Å². The number of aryl methyl sites for hydroxylation is 1. The van der Waals surface area contributed by atoms with Crippen LogP contribution in [0.25, 0.3) is 0 Å². The molecule has 1 aliphatic rings. The van der Waals surface area contributed by atoms with Gasteiger partial charge in [0.1, 0.15) is 5.82 Å². The SMILES string of the molecule is Cc1cc(F)ccc1CC1CCCCCC1Cl. The molecular formula is C15H20ClF. The fourth-order valence-electron chi connectivity index (χ4n) is 2.74. The minimum atomic E-state index is -0.144. The Morgan fingerprint density at radius 2 is 2.00 bits per heavy atom. The molecule has 17 heavy (non-hydrogen) atoms. The smallest absolute Gasteiger partial charge is 0.123 e. The standard InChI is InChI=1S/C15H20ClF/c1-11-9-14(17)8-7-12(11)10-13-5-3-2-4-6-15(13)16/h7-9,13,15H,2-6,10H2,1H3. The van der Waals surface area contributed by atoms with Gasteiger partial charge in [0.05, 0.1) is 0 Å². The van der Waals surface area contributed by atoms with Crippen molar-refractivity contribution in [3.63, 3.8) is 0 Å². The van der Waals surface area contributed by atoms with E-state index in [0.717, 1.165) is 18.4 Å². The van der Waals surface area contributed by atoms with E-state index >= 15 is 0 Å². The molecule has 1 aromatic carbocycles. The molecule has 0 amide bonds. The van der Waals surface area contributed by atoms with Gasteiger partial charge in [0.25, 0.3) is 0 Å². The fraction of sp³-hybridized carbons (Fsp3) is 0.600. The average molecular weight is 255 g/mol. The van der Waals surface area contributed by atoms with Gasteiger partial charge in [-0.3, -0.25) is 0 Å². The molecule has 1 saturated carbocycles. The van der Waals surface area contributed by atoms with Crippen LogP contribution in [0.2, 0.25) is 0 Å². The molecule has 1 aromatic rings. The van der Waals surface area contributed by atoms with Gasteiger partial charge in [-0.1, -0.05) is 25.3 Å². The number of hydrogen-bond acceptors (Lipinski definition) is 0. The summed E-state index contributed by atoms with van der Waals surface area (Å²) in [5, 5.41) is 0.293. The highest BCUT2D eigenvalue weighted by Gasteiger charge is 2.22. The first-order valence-electron chi connectivity index (χ1n) is 6.56. The van der Waals surface area contributed by atoms with Crippen molar-refractivity contribution in [2.24, 2.45) is 5.92 Å². The van der Waals surface area contributed by atoms with Gasteiger partial charge in [0, 0.05) is 5.38 Å². The lowest BCUT2D eigenvalue weighted by Gasteiger charge is -2.20. The van der Waals surface area contributed by atoms with E-state index < -0.39 is 0 Å². The van der Waals surface area contributed by atoms with Crippen LogP contribution in [0.4, 0.5) is 4.39 Å². The van der Waals surface area contributed by atoms with Crippen molar-refractivity contribution in [2.45, 2.75) is 50.8 Å². The van der Waals surface area contributed by atoms with E-state index in [4.69, 9.17) is 11.6 Å². The molecule has 0 aliphatic heterocycles. The van der Waals surface area contributed by atoms with E-state index in [9.17, 15) is 4.39 Å². The van der Waals surface area contributed by atoms with Crippen LogP contribution in [-0.4, -0.2) is 5.38 Å². The minimum Gasteiger partial charge on any atom is -0.207 e. The van der Waals surface area contributed by atoms with Crippen LogP contribution < -0.4 is 0 Å². The lowest BCUT2D eigenvalue weighted by molar-refractivity contribution is 0.464. The summed E-state index contributed by atoms with van der Waals surface area (Å²) in [4.78, 5) is 0. The molecule has 0 radical (unpaired) electrons. The van der Waals surface area contributed by atoms with Crippen LogP contribution >= 0.6 is 11.6 Å². The maximum atomic E-state index is 13.0. The number of halogens is 2. The molecule has 1 aliphatic carbocycles. The maximum Gasteiger partial charge on any atom is 0.123 e. The fourth-order valence-corrected chi connectivity index (χ4v) is 3.11. The van der Waals surface area contributed by atoms with Crippen molar-refractivity contribution >= 4 is 11.6 Å². The topological polar surface area (TPSA) is 0 Å². The molecule has 0 N–H and O–H groups in total. The van der Waals surface area contributed by atoms with E-state index in [1.807, 2.05) is 13.0 Å². The number of hydrogen-bond donors (Lipinski definition) is 0. The summed E-state index contributed by atoms with van der Waals surface area (Å²) in [7, 11) is 0. The molecule has 0 nitrogen and oxygen atoms in total. The van der Waals surface area contributed by atoms with Gasteiger partial charge in [0.2, 0.25) is 0 Å². The van der Waals surface area contributed by atoms with Gasteiger partial charge >= 0.3 is 0 Å². The van der Waals surface area contributed by atoms with Crippen molar-refractivity contribution in [1.29, 1.82) is 0 Å². The maximum absolute atomic E-state index is 13.0. The van der Waals surface area contributed by atoms with Gasteiger partial charge in [-0.05, 0) is 55.4 Å². The summed E-state index contributed by atoms with van der Waals surface area (Å²) >= 11 is 6.45. The molecule has 2 atom stereocenters. The monoisotopic (exact) mass is 254 g/mol. The Morgan fingerprint density at radius 1 is 1.24 bits per heavy atom. The summed E-state index contributed by atoms with van der Waals surface area (Å²) in [6, 6.07) is 5.09. The molecule has 2 unspecified atom stereocenters. The van der Waals surface area contributed by atoms with E-state index in [-0.39, 0.29) is 5.82 Å². The van der Waals surface area contributed by atoms with Gasteiger partial charge in [-0.15, -0.1) is 11.6 Å². The van der Waals surface area contributed by atoms with E-state index in [0.29, 0.717) is 11.3 Å². The van der Waals surface area contributed by atoms with Crippen molar-refractivity contribution in [3.05, 3.63) is 35.1 Å².